The van der Waals surface area contributed by atoms with E-state index in [9.17, 15) is 20.1 Å². The number of aliphatic hydroxyl groups is 1. The summed E-state index contributed by atoms with van der Waals surface area (Å²) in [5.41, 5.74) is 0.873. The molecule has 1 aliphatic rings. The minimum atomic E-state index is -1.13. The van der Waals surface area contributed by atoms with Gasteiger partial charge in [0.05, 0.1) is 11.0 Å². The molecule has 0 fully saturated rings. The third-order valence-corrected chi connectivity index (χ3v) is 5.39. The Kier molecular flexibility index (Phi) is 4.35. The van der Waals surface area contributed by atoms with Gasteiger partial charge in [0.25, 0.3) is 0 Å². The molecule has 0 saturated carbocycles. The Balaban J connectivity index is 2.11. The van der Waals surface area contributed by atoms with E-state index in [1.165, 1.54) is 6.07 Å². The summed E-state index contributed by atoms with van der Waals surface area (Å²) in [6.45, 7) is 7.20. The molecule has 6 nitrogen and oxygen atoms in total. The molecule has 29 heavy (non-hydrogen) atoms. The Hall–Kier alpha value is -2.99. The first-order chi connectivity index (χ1) is 13.6. The summed E-state index contributed by atoms with van der Waals surface area (Å²) in [4.78, 5) is 13.2. The first kappa shape index (κ1) is 19.3. The second-order valence-corrected chi connectivity index (χ2v) is 8.37. The van der Waals surface area contributed by atoms with Crippen molar-refractivity contribution in [2.75, 3.05) is 0 Å². The number of aromatic hydroxyl groups is 2. The molecule has 4 rings (SSSR count). The van der Waals surface area contributed by atoms with Crippen molar-refractivity contribution in [3.05, 3.63) is 51.2 Å². The maximum atomic E-state index is 13.2. The first-order valence-corrected chi connectivity index (χ1v) is 9.57. The number of ether oxygens (including phenoxy) is 1. The summed E-state index contributed by atoms with van der Waals surface area (Å²) >= 11 is 0. The lowest BCUT2D eigenvalue weighted by molar-refractivity contribution is -0.0232. The number of phenols is 2. The van der Waals surface area contributed by atoms with E-state index in [1.807, 2.05) is 19.9 Å². The van der Waals surface area contributed by atoms with E-state index < -0.39 is 17.1 Å². The molecule has 0 amide bonds. The quantitative estimate of drug-likeness (QED) is 0.458. The molecular formula is C23H24O6. The summed E-state index contributed by atoms with van der Waals surface area (Å²) in [6.07, 6.45) is 2.08. The van der Waals surface area contributed by atoms with Crippen molar-refractivity contribution in [2.24, 2.45) is 0 Å². The van der Waals surface area contributed by atoms with Crippen LogP contribution in [0.25, 0.3) is 21.9 Å². The fraction of sp³-hybridized carbons (Fsp3) is 0.348. The topological polar surface area (TPSA) is 100 Å². The summed E-state index contributed by atoms with van der Waals surface area (Å²) in [6, 6.07) is 4.55. The molecule has 0 aliphatic carbocycles. The second-order valence-electron chi connectivity index (χ2n) is 8.37. The number of allylic oxidation sites excluding steroid dienone is 2. The average molecular weight is 396 g/mol. The highest BCUT2D eigenvalue weighted by atomic mass is 16.5. The zero-order valence-corrected chi connectivity index (χ0v) is 16.9. The molecule has 0 saturated heterocycles. The van der Waals surface area contributed by atoms with Crippen LogP contribution in [-0.4, -0.2) is 27.0 Å². The zero-order chi connectivity index (χ0) is 21.1. The summed E-state index contributed by atoms with van der Waals surface area (Å²) < 4.78 is 12.0. The number of rotatable bonds is 3. The number of para-hydroxylation sites is 1. The van der Waals surface area contributed by atoms with Gasteiger partial charge in [-0.05, 0) is 46.2 Å². The Morgan fingerprint density at radius 3 is 2.62 bits per heavy atom. The van der Waals surface area contributed by atoms with Gasteiger partial charge in [-0.25, -0.2) is 0 Å². The van der Waals surface area contributed by atoms with Gasteiger partial charge in [-0.15, -0.1) is 0 Å². The van der Waals surface area contributed by atoms with Crippen LogP contribution in [0.5, 0.6) is 17.2 Å². The van der Waals surface area contributed by atoms with Crippen LogP contribution in [0.1, 0.15) is 38.8 Å². The van der Waals surface area contributed by atoms with E-state index in [0.717, 1.165) is 5.57 Å². The molecule has 3 N–H and O–H groups in total. The van der Waals surface area contributed by atoms with E-state index in [4.69, 9.17) is 9.15 Å². The highest BCUT2D eigenvalue weighted by molar-refractivity contribution is 5.98. The maximum Gasteiger partial charge on any atom is 0.204 e. The predicted molar refractivity (Wildman–Crippen MR) is 111 cm³/mol. The minimum absolute atomic E-state index is 0.0651. The van der Waals surface area contributed by atoms with E-state index in [0.29, 0.717) is 29.7 Å². The largest absolute Gasteiger partial charge is 0.507 e. The lowest BCUT2D eigenvalue weighted by atomic mass is 9.94. The van der Waals surface area contributed by atoms with Gasteiger partial charge in [0.1, 0.15) is 28.6 Å². The summed E-state index contributed by atoms with van der Waals surface area (Å²) in [7, 11) is 0. The van der Waals surface area contributed by atoms with Gasteiger partial charge in [0, 0.05) is 17.5 Å². The van der Waals surface area contributed by atoms with Gasteiger partial charge in [0.15, 0.2) is 11.3 Å². The van der Waals surface area contributed by atoms with Crippen molar-refractivity contribution in [3.63, 3.8) is 0 Å². The average Bonchev–Trinajstić information content (AvgIpc) is 3.08. The number of hydrogen-bond donors (Lipinski definition) is 3. The number of hydrogen-bond acceptors (Lipinski definition) is 6. The molecule has 0 bridgehead atoms. The van der Waals surface area contributed by atoms with Crippen LogP contribution in [0, 0.1) is 0 Å². The predicted octanol–water partition coefficient (Wildman–Crippen LogP) is 3.94. The summed E-state index contributed by atoms with van der Waals surface area (Å²) in [5, 5.41) is 32.0. The molecule has 152 valence electrons. The molecule has 0 radical (unpaired) electrons. The smallest absolute Gasteiger partial charge is 0.204 e. The number of benzene rings is 2. The van der Waals surface area contributed by atoms with Gasteiger partial charge in [-0.3, -0.25) is 4.79 Å². The van der Waals surface area contributed by atoms with Crippen LogP contribution in [0.15, 0.2) is 39.1 Å². The second kappa shape index (κ2) is 6.52. The minimum Gasteiger partial charge on any atom is -0.507 e. The highest BCUT2D eigenvalue weighted by Gasteiger charge is 2.39. The van der Waals surface area contributed by atoms with E-state index in [1.54, 1.807) is 26.0 Å². The normalized spacial score (nSPS) is 16.1. The van der Waals surface area contributed by atoms with E-state index in [2.05, 4.69) is 0 Å². The van der Waals surface area contributed by atoms with Crippen molar-refractivity contribution in [3.8, 4) is 17.2 Å². The van der Waals surface area contributed by atoms with Gasteiger partial charge in [-0.1, -0.05) is 17.7 Å². The highest BCUT2D eigenvalue weighted by Crippen LogP contribution is 2.46. The molecule has 2 aromatic carbocycles. The van der Waals surface area contributed by atoms with E-state index >= 15 is 0 Å². The number of fused-ring (bicyclic) bond motifs is 4. The molecule has 1 unspecified atom stereocenters. The Labute approximate surface area is 167 Å². The molecule has 1 aliphatic heterocycles. The summed E-state index contributed by atoms with van der Waals surface area (Å²) in [5.74, 6) is 0.0884. The van der Waals surface area contributed by atoms with Crippen molar-refractivity contribution in [1.29, 1.82) is 0 Å². The zero-order valence-electron chi connectivity index (χ0n) is 16.9. The van der Waals surface area contributed by atoms with Crippen LogP contribution in [0.4, 0.5) is 0 Å². The number of phenolic OH excluding ortho intramolecular Hbond substituents is 2. The SMILES string of the molecule is CC(C)=CCc1c2c(c3oc4c(O)cccc4c(=O)c3c1O)CC(C(C)(C)O)O2. The molecule has 2 heterocycles. The van der Waals surface area contributed by atoms with Crippen LogP contribution >= 0.6 is 0 Å². The Morgan fingerprint density at radius 2 is 1.97 bits per heavy atom. The standard InChI is InChI=1S/C23H24O6/c1-11(2)8-9-13-19(26)17-18(25)12-6-5-7-15(24)21(12)29-22(17)14-10-16(23(3,4)27)28-20(13)14/h5-8,16,24,26-27H,9-10H2,1-4H3. The Bertz CT molecular complexity index is 1220. The van der Waals surface area contributed by atoms with Crippen LogP contribution in [0.3, 0.4) is 0 Å². The Morgan fingerprint density at radius 1 is 1.24 bits per heavy atom. The third-order valence-electron chi connectivity index (χ3n) is 5.39. The third kappa shape index (κ3) is 3.04. The van der Waals surface area contributed by atoms with E-state index in [-0.39, 0.29) is 33.4 Å². The van der Waals surface area contributed by atoms with Crippen LogP contribution in [-0.2, 0) is 12.8 Å². The monoisotopic (exact) mass is 396 g/mol. The molecule has 0 spiro atoms. The molecule has 6 heteroatoms. The van der Waals surface area contributed by atoms with Crippen molar-refractivity contribution in [2.45, 2.75) is 52.2 Å². The molecular weight excluding hydrogens is 372 g/mol. The van der Waals surface area contributed by atoms with Gasteiger partial charge in [0.2, 0.25) is 5.43 Å². The van der Waals surface area contributed by atoms with Crippen molar-refractivity contribution < 1.29 is 24.5 Å². The first-order valence-electron chi connectivity index (χ1n) is 9.57. The van der Waals surface area contributed by atoms with Gasteiger partial charge < -0.3 is 24.5 Å². The fourth-order valence-electron chi connectivity index (χ4n) is 3.76. The lowest BCUT2D eigenvalue weighted by Gasteiger charge is -2.24. The van der Waals surface area contributed by atoms with Crippen LogP contribution < -0.4 is 10.2 Å². The fourth-order valence-corrected chi connectivity index (χ4v) is 3.76. The molecule has 1 atom stereocenters. The van der Waals surface area contributed by atoms with Crippen LogP contribution in [0.2, 0.25) is 0 Å². The van der Waals surface area contributed by atoms with Gasteiger partial charge >= 0.3 is 0 Å². The lowest BCUT2D eigenvalue weighted by Crippen LogP contribution is -2.39. The maximum absolute atomic E-state index is 13.2. The van der Waals surface area contributed by atoms with Crippen molar-refractivity contribution in [1.82, 2.24) is 0 Å². The van der Waals surface area contributed by atoms with Gasteiger partial charge in [-0.2, -0.15) is 0 Å². The molecule has 3 aromatic rings. The van der Waals surface area contributed by atoms with Crippen molar-refractivity contribution >= 4 is 21.9 Å². The molecule has 1 aromatic heterocycles.